The quantitative estimate of drug-likeness (QED) is 0.702. The number of hydrogen-bond donors (Lipinski definition) is 0. The lowest BCUT2D eigenvalue weighted by Crippen LogP contribution is -2.62. The second-order valence-corrected chi connectivity index (χ2v) is 5.34. The topological polar surface area (TPSA) is 65.1 Å². The molecule has 3 aliphatic rings. The first kappa shape index (κ1) is 12.7. The molecule has 0 unspecified atom stereocenters. The number of nitrogens with zero attached hydrogens (tertiary/aromatic N) is 1. The minimum atomic E-state index is -0.356. The summed E-state index contributed by atoms with van der Waals surface area (Å²) in [6.07, 6.45) is 1.77. The van der Waals surface area contributed by atoms with Gasteiger partial charge < -0.3 is 14.2 Å². The smallest absolute Gasteiger partial charge is 0.410 e. The summed E-state index contributed by atoms with van der Waals surface area (Å²) in [5.41, 5.74) is 0. The van der Waals surface area contributed by atoms with Crippen LogP contribution in [0.1, 0.15) is 33.1 Å². The monoisotopic (exact) mass is 269 g/mol. The predicted molar refractivity (Wildman–Crippen MR) is 64.5 cm³/mol. The Hall–Kier alpha value is -1.30. The van der Waals surface area contributed by atoms with Crippen LogP contribution in [0.4, 0.5) is 4.79 Å². The molecule has 3 rings (SSSR count). The number of amides is 1. The number of piperidine rings is 2. The van der Waals surface area contributed by atoms with Crippen LogP contribution in [0.2, 0.25) is 0 Å². The van der Waals surface area contributed by atoms with Crippen molar-refractivity contribution in [3.8, 4) is 0 Å². The van der Waals surface area contributed by atoms with Crippen molar-refractivity contribution in [3.63, 3.8) is 0 Å². The van der Waals surface area contributed by atoms with Gasteiger partial charge in [-0.25, -0.2) is 4.79 Å². The van der Waals surface area contributed by atoms with Crippen molar-refractivity contribution in [2.24, 2.45) is 0 Å². The molecule has 0 radical (unpaired) electrons. The third-order valence-electron chi connectivity index (χ3n) is 4.24. The average molecular weight is 269 g/mol. The SMILES string of the molecule is CCOC(=O)N1[C@@H]2CC[C@H]3O[C@H](C[C@H]31)[C@H]2OC(C)=O. The van der Waals surface area contributed by atoms with E-state index in [0.29, 0.717) is 6.61 Å². The highest BCUT2D eigenvalue weighted by Crippen LogP contribution is 2.44. The van der Waals surface area contributed by atoms with E-state index in [-0.39, 0.29) is 42.5 Å². The van der Waals surface area contributed by atoms with E-state index in [0.717, 1.165) is 19.3 Å². The van der Waals surface area contributed by atoms with Crippen molar-refractivity contribution in [2.45, 2.75) is 63.5 Å². The van der Waals surface area contributed by atoms with E-state index in [2.05, 4.69) is 0 Å². The summed E-state index contributed by atoms with van der Waals surface area (Å²) in [5.74, 6) is -0.328. The molecule has 3 fully saturated rings. The molecule has 0 aliphatic carbocycles. The van der Waals surface area contributed by atoms with Crippen LogP contribution in [-0.2, 0) is 19.0 Å². The van der Waals surface area contributed by atoms with Crippen molar-refractivity contribution in [1.29, 1.82) is 0 Å². The van der Waals surface area contributed by atoms with Crippen LogP contribution in [0.3, 0.4) is 0 Å². The molecule has 1 amide bonds. The maximum atomic E-state index is 12.1. The molecule has 3 heterocycles. The fourth-order valence-electron chi connectivity index (χ4n) is 3.63. The van der Waals surface area contributed by atoms with E-state index in [9.17, 15) is 9.59 Å². The minimum absolute atomic E-state index is 0.0613. The summed E-state index contributed by atoms with van der Waals surface area (Å²) in [6.45, 7) is 3.53. The number of fused-ring (bicyclic) bond motifs is 2. The van der Waals surface area contributed by atoms with Gasteiger partial charge in [0.2, 0.25) is 0 Å². The normalized spacial score (nSPS) is 39.3. The molecular formula is C13H19NO5. The minimum Gasteiger partial charge on any atom is -0.458 e. The Morgan fingerprint density at radius 3 is 2.74 bits per heavy atom. The number of carbonyl (C=O) groups excluding carboxylic acids is 2. The Bertz CT molecular complexity index is 398. The standard InChI is InChI=1S/C13H19NO5/c1-3-17-13(16)14-8-4-5-10-9(14)6-11(19-10)12(8)18-7(2)15/h8-12H,3-6H2,1-2H3/t8-,9-,10-,11-,12+/m1/s1. The van der Waals surface area contributed by atoms with E-state index in [4.69, 9.17) is 14.2 Å². The lowest BCUT2D eigenvalue weighted by molar-refractivity contribution is -0.158. The fraction of sp³-hybridized carbons (Fsp3) is 0.846. The molecule has 0 aromatic rings. The van der Waals surface area contributed by atoms with Crippen LogP contribution in [0.25, 0.3) is 0 Å². The van der Waals surface area contributed by atoms with Crippen LogP contribution in [0, 0.1) is 0 Å². The number of carbonyl (C=O) groups is 2. The first-order valence-corrected chi connectivity index (χ1v) is 6.89. The number of ether oxygens (including phenoxy) is 3. The van der Waals surface area contributed by atoms with Gasteiger partial charge in [-0.3, -0.25) is 9.69 Å². The largest absolute Gasteiger partial charge is 0.458 e. The van der Waals surface area contributed by atoms with E-state index < -0.39 is 0 Å². The third kappa shape index (κ3) is 1.98. The van der Waals surface area contributed by atoms with Gasteiger partial charge in [0.25, 0.3) is 0 Å². The second kappa shape index (κ2) is 4.67. The molecule has 0 saturated carbocycles. The molecule has 5 atom stereocenters. The molecule has 3 bridgehead atoms. The zero-order valence-electron chi connectivity index (χ0n) is 11.2. The Kier molecular flexibility index (Phi) is 3.12. The Morgan fingerprint density at radius 1 is 1.26 bits per heavy atom. The number of rotatable bonds is 2. The van der Waals surface area contributed by atoms with Crippen molar-refractivity contribution in [3.05, 3.63) is 0 Å². The Labute approximate surface area is 112 Å². The lowest BCUT2D eigenvalue weighted by atomic mass is 9.83. The molecular weight excluding hydrogens is 250 g/mol. The van der Waals surface area contributed by atoms with Gasteiger partial charge in [0, 0.05) is 13.3 Å². The highest BCUT2D eigenvalue weighted by atomic mass is 16.6. The first-order chi connectivity index (χ1) is 9.11. The first-order valence-electron chi connectivity index (χ1n) is 6.89. The highest BCUT2D eigenvalue weighted by molar-refractivity contribution is 5.70. The van der Waals surface area contributed by atoms with Gasteiger partial charge in [0.15, 0.2) is 0 Å². The van der Waals surface area contributed by atoms with Crippen LogP contribution in [0.15, 0.2) is 0 Å². The summed E-state index contributed by atoms with van der Waals surface area (Å²) in [4.78, 5) is 25.1. The molecule has 0 N–H and O–H groups in total. The van der Waals surface area contributed by atoms with Gasteiger partial charge in [-0.2, -0.15) is 0 Å². The van der Waals surface area contributed by atoms with Gasteiger partial charge >= 0.3 is 12.1 Å². The van der Waals surface area contributed by atoms with Crippen molar-refractivity contribution >= 4 is 12.1 Å². The van der Waals surface area contributed by atoms with Crippen LogP contribution in [-0.4, -0.2) is 54.0 Å². The lowest BCUT2D eigenvalue weighted by Gasteiger charge is -2.46. The predicted octanol–water partition coefficient (Wildman–Crippen LogP) is 1.08. The van der Waals surface area contributed by atoms with E-state index >= 15 is 0 Å². The Morgan fingerprint density at radius 2 is 2.05 bits per heavy atom. The molecule has 0 aromatic heterocycles. The fourth-order valence-corrected chi connectivity index (χ4v) is 3.63. The molecule has 3 saturated heterocycles. The van der Waals surface area contributed by atoms with Crippen molar-refractivity contribution in [1.82, 2.24) is 4.90 Å². The molecule has 19 heavy (non-hydrogen) atoms. The van der Waals surface area contributed by atoms with Crippen molar-refractivity contribution < 1.29 is 23.8 Å². The Balaban J connectivity index is 1.85. The number of hydrogen-bond acceptors (Lipinski definition) is 5. The summed E-state index contributed by atoms with van der Waals surface area (Å²) >= 11 is 0. The molecule has 106 valence electrons. The number of esters is 1. The van der Waals surface area contributed by atoms with Gasteiger partial charge in [-0.15, -0.1) is 0 Å². The average Bonchev–Trinajstić information content (AvgIpc) is 2.66. The third-order valence-corrected chi connectivity index (χ3v) is 4.24. The van der Waals surface area contributed by atoms with Gasteiger partial charge in [-0.1, -0.05) is 0 Å². The van der Waals surface area contributed by atoms with Crippen molar-refractivity contribution in [2.75, 3.05) is 6.61 Å². The summed E-state index contributed by atoms with van der Waals surface area (Å²) in [5, 5.41) is 0. The highest BCUT2D eigenvalue weighted by Gasteiger charge is 2.58. The zero-order valence-corrected chi connectivity index (χ0v) is 11.2. The maximum Gasteiger partial charge on any atom is 0.410 e. The molecule has 0 spiro atoms. The molecule has 6 nitrogen and oxygen atoms in total. The molecule has 3 aliphatic heterocycles. The van der Waals surface area contributed by atoms with Crippen LogP contribution < -0.4 is 0 Å². The van der Waals surface area contributed by atoms with Crippen LogP contribution in [0.5, 0.6) is 0 Å². The maximum absolute atomic E-state index is 12.1. The van der Waals surface area contributed by atoms with Gasteiger partial charge in [0.05, 0.1) is 30.9 Å². The van der Waals surface area contributed by atoms with E-state index in [1.807, 2.05) is 0 Å². The van der Waals surface area contributed by atoms with Crippen LogP contribution >= 0.6 is 0 Å². The summed E-state index contributed by atoms with van der Waals surface area (Å²) in [7, 11) is 0. The molecule has 6 heteroatoms. The summed E-state index contributed by atoms with van der Waals surface area (Å²) < 4.78 is 16.4. The van der Waals surface area contributed by atoms with Gasteiger partial charge in [-0.05, 0) is 19.8 Å². The molecule has 0 aromatic carbocycles. The van der Waals surface area contributed by atoms with E-state index in [1.165, 1.54) is 6.92 Å². The van der Waals surface area contributed by atoms with E-state index in [1.54, 1.807) is 11.8 Å². The summed E-state index contributed by atoms with van der Waals surface area (Å²) in [6, 6.07) is -0.0277. The zero-order chi connectivity index (χ0) is 13.6. The second-order valence-electron chi connectivity index (χ2n) is 5.34. The van der Waals surface area contributed by atoms with Gasteiger partial charge in [0.1, 0.15) is 6.10 Å².